The molecule has 27 heavy (non-hydrogen) atoms. The highest BCUT2D eigenvalue weighted by atomic mass is 35.5. The van der Waals surface area contributed by atoms with Gasteiger partial charge < -0.3 is 9.88 Å². The molecule has 2 aromatic carbocycles. The molecule has 4 rings (SSSR count). The Labute approximate surface area is 164 Å². The molecule has 7 heteroatoms. The molecule has 0 saturated carbocycles. The van der Waals surface area contributed by atoms with Crippen LogP contribution in [0.25, 0.3) is 11.0 Å². The van der Waals surface area contributed by atoms with E-state index in [2.05, 4.69) is 10.3 Å². The minimum absolute atomic E-state index is 0.160. The Morgan fingerprint density at radius 3 is 2.78 bits per heavy atom. The van der Waals surface area contributed by atoms with Crippen LogP contribution >= 0.6 is 22.9 Å². The monoisotopic (exact) mass is 399 g/mol. The Morgan fingerprint density at radius 2 is 2.00 bits per heavy atom. The molecule has 0 radical (unpaired) electrons. The largest absolute Gasteiger partial charge is 0.344 e. The number of hydrogen-bond donors (Lipinski definition) is 1. The van der Waals surface area contributed by atoms with Crippen LogP contribution in [0.5, 0.6) is 0 Å². The highest BCUT2D eigenvalue weighted by molar-refractivity contribution is 7.12. The molecule has 2 aromatic heterocycles. The van der Waals surface area contributed by atoms with Crippen molar-refractivity contribution in [2.75, 3.05) is 0 Å². The fourth-order valence-electron chi connectivity index (χ4n) is 2.93. The van der Waals surface area contributed by atoms with E-state index in [1.165, 1.54) is 17.4 Å². The van der Waals surface area contributed by atoms with Crippen LogP contribution in [0.15, 0.2) is 60.0 Å². The van der Waals surface area contributed by atoms with Crippen molar-refractivity contribution >= 4 is 39.9 Å². The summed E-state index contributed by atoms with van der Waals surface area (Å²) in [6.45, 7) is 0.466. The molecule has 0 unspecified atom stereocenters. The van der Waals surface area contributed by atoms with E-state index in [9.17, 15) is 9.18 Å². The van der Waals surface area contributed by atoms with Gasteiger partial charge in [-0.25, -0.2) is 9.37 Å². The van der Waals surface area contributed by atoms with Crippen molar-refractivity contribution in [3.63, 3.8) is 0 Å². The molecule has 0 saturated heterocycles. The number of rotatable bonds is 5. The van der Waals surface area contributed by atoms with E-state index in [1.807, 2.05) is 40.3 Å². The zero-order valence-corrected chi connectivity index (χ0v) is 15.7. The van der Waals surface area contributed by atoms with Crippen molar-refractivity contribution in [2.24, 2.45) is 0 Å². The van der Waals surface area contributed by atoms with Crippen LogP contribution in [0.2, 0.25) is 5.02 Å². The maximum absolute atomic E-state index is 14.3. The summed E-state index contributed by atoms with van der Waals surface area (Å²) in [4.78, 5) is 17.5. The number of fused-ring (bicyclic) bond motifs is 1. The number of aromatic nitrogens is 2. The Hall–Kier alpha value is -2.70. The van der Waals surface area contributed by atoms with Crippen LogP contribution in [-0.2, 0) is 13.1 Å². The van der Waals surface area contributed by atoms with Gasteiger partial charge in [-0.15, -0.1) is 11.3 Å². The molecule has 4 aromatic rings. The van der Waals surface area contributed by atoms with Crippen molar-refractivity contribution in [3.05, 3.63) is 87.1 Å². The summed E-state index contributed by atoms with van der Waals surface area (Å²) < 4.78 is 16.2. The van der Waals surface area contributed by atoms with Crippen LogP contribution in [0.4, 0.5) is 4.39 Å². The second-order valence-corrected chi connectivity index (χ2v) is 7.32. The highest BCUT2D eigenvalue weighted by Crippen LogP contribution is 2.24. The Morgan fingerprint density at radius 1 is 1.15 bits per heavy atom. The van der Waals surface area contributed by atoms with Crippen molar-refractivity contribution in [1.29, 1.82) is 0 Å². The van der Waals surface area contributed by atoms with Crippen molar-refractivity contribution in [1.82, 2.24) is 14.9 Å². The minimum atomic E-state index is -0.367. The van der Waals surface area contributed by atoms with Gasteiger partial charge in [0.25, 0.3) is 5.91 Å². The summed E-state index contributed by atoms with van der Waals surface area (Å²) in [6.07, 6.45) is 0. The van der Waals surface area contributed by atoms with E-state index in [-0.39, 0.29) is 24.8 Å². The summed E-state index contributed by atoms with van der Waals surface area (Å²) in [7, 11) is 0. The van der Waals surface area contributed by atoms with Gasteiger partial charge in [-0.3, -0.25) is 4.79 Å². The summed E-state index contributed by atoms with van der Waals surface area (Å²) in [5.74, 6) is 0.113. The Kier molecular flexibility index (Phi) is 4.92. The number of thiophene rings is 1. The molecule has 4 nitrogen and oxygen atoms in total. The molecule has 1 amide bonds. The third kappa shape index (κ3) is 3.59. The fraction of sp³-hybridized carbons (Fsp3) is 0.100. The van der Waals surface area contributed by atoms with Gasteiger partial charge in [0.2, 0.25) is 0 Å². The maximum atomic E-state index is 14.3. The lowest BCUT2D eigenvalue weighted by Crippen LogP contribution is -2.24. The smallest absolute Gasteiger partial charge is 0.261 e. The van der Waals surface area contributed by atoms with Gasteiger partial charge in [0.1, 0.15) is 11.6 Å². The Bertz CT molecular complexity index is 1090. The van der Waals surface area contributed by atoms with Gasteiger partial charge in [0, 0.05) is 10.6 Å². The minimum Gasteiger partial charge on any atom is -0.344 e. The number of carbonyl (C=O) groups is 1. The molecule has 2 heterocycles. The number of hydrogen-bond acceptors (Lipinski definition) is 3. The van der Waals surface area contributed by atoms with E-state index in [1.54, 1.807) is 18.2 Å². The zero-order valence-electron chi connectivity index (χ0n) is 14.2. The lowest BCUT2D eigenvalue weighted by atomic mass is 10.2. The molecule has 0 spiro atoms. The third-order valence-corrected chi connectivity index (χ3v) is 5.49. The van der Waals surface area contributed by atoms with Crippen LogP contribution in [-0.4, -0.2) is 15.5 Å². The SMILES string of the molecule is O=C(NCc1nc2ccccc2n1Cc1c(F)cccc1Cl)c1cccs1. The van der Waals surface area contributed by atoms with E-state index >= 15 is 0 Å². The number of halogens is 2. The summed E-state index contributed by atoms with van der Waals surface area (Å²) in [6, 6.07) is 15.8. The number of para-hydroxylation sites is 2. The molecule has 0 fully saturated rings. The van der Waals surface area contributed by atoms with Crippen LogP contribution < -0.4 is 5.32 Å². The van der Waals surface area contributed by atoms with Gasteiger partial charge >= 0.3 is 0 Å². The first-order chi connectivity index (χ1) is 13.1. The van der Waals surface area contributed by atoms with E-state index in [0.29, 0.717) is 21.3 Å². The lowest BCUT2D eigenvalue weighted by molar-refractivity contribution is 0.0953. The summed E-state index contributed by atoms with van der Waals surface area (Å²) >= 11 is 7.58. The molecule has 136 valence electrons. The van der Waals surface area contributed by atoms with E-state index < -0.39 is 0 Å². The predicted molar refractivity (Wildman–Crippen MR) is 106 cm³/mol. The normalized spacial score (nSPS) is 11.0. The first-order valence-corrected chi connectivity index (χ1v) is 9.58. The first kappa shape index (κ1) is 17.7. The van der Waals surface area contributed by atoms with Gasteiger partial charge in [-0.05, 0) is 35.7 Å². The van der Waals surface area contributed by atoms with Crippen LogP contribution in [0.1, 0.15) is 21.1 Å². The number of nitrogens with zero attached hydrogens (tertiary/aromatic N) is 2. The third-order valence-electron chi connectivity index (χ3n) is 4.26. The molecule has 0 aliphatic heterocycles. The molecular formula is C20H15ClFN3OS. The average molecular weight is 400 g/mol. The van der Waals surface area contributed by atoms with Gasteiger partial charge in [-0.1, -0.05) is 35.9 Å². The van der Waals surface area contributed by atoms with Gasteiger partial charge in [0.15, 0.2) is 0 Å². The van der Waals surface area contributed by atoms with Crippen molar-refractivity contribution < 1.29 is 9.18 Å². The second-order valence-electron chi connectivity index (χ2n) is 5.96. The van der Waals surface area contributed by atoms with Crippen LogP contribution in [0, 0.1) is 5.82 Å². The molecule has 0 aliphatic carbocycles. The van der Waals surface area contributed by atoms with E-state index in [0.717, 1.165) is 11.0 Å². The van der Waals surface area contributed by atoms with Crippen molar-refractivity contribution in [2.45, 2.75) is 13.1 Å². The average Bonchev–Trinajstić information content (AvgIpc) is 3.31. The number of carbonyl (C=O) groups excluding carboxylic acids is 1. The molecule has 1 N–H and O–H groups in total. The second kappa shape index (κ2) is 7.50. The zero-order chi connectivity index (χ0) is 18.8. The fourth-order valence-corrected chi connectivity index (χ4v) is 3.80. The topological polar surface area (TPSA) is 46.9 Å². The van der Waals surface area contributed by atoms with E-state index in [4.69, 9.17) is 11.6 Å². The summed E-state index contributed by atoms with van der Waals surface area (Å²) in [5, 5.41) is 5.09. The van der Waals surface area contributed by atoms with Crippen LogP contribution in [0.3, 0.4) is 0 Å². The standard InChI is InChI=1S/C20H15ClFN3OS/c21-14-5-3-6-15(22)13(14)12-25-17-8-2-1-7-16(17)24-19(25)11-23-20(26)18-9-4-10-27-18/h1-10H,11-12H2,(H,23,26). The maximum Gasteiger partial charge on any atom is 0.261 e. The first-order valence-electron chi connectivity index (χ1n) is 8.32. The molecule has 0 atom stereocenters. The lowest BCUT2D eigenvalue weighted by Gasteiger charge is -2.12. The number of imidazole rings is 1. The molecule has 0 aliphatic rings. The Balaban J connectivity index is 1.68. The quantitative estimate of drug-likeness (QED) is 0.520. The number of amides is 1. The predicted octanol–water partition coefficient (Wildman–Crippen LogP) is 4.87. The highest BCUT2D eigenvalue weighted by Gasteiger charge is 2.16. The van der Waals surface area contributed by atoms with Gasteiger partial charge in [0.05, 0.1) is 29.0 Å². The molecular weight excluding hydrogens is 385 g/mol. The summed E-state index contributed by atoms with van der Waals surface area (Å²) in [5.41, 5.74) is 2.04. The van der Waals surface area contributed by atoms with Crippen molar-refractivity contribution in [3.8, 4) is 0 Å². The number of nitrogens with one attached hydrogen (secondary N) is 1. The van der Waals surface area contributed by atoms with Gasteiger partial charge in [-0.2, -0.15) is 0 Å². The molecule has 0 bridgehead atoms. The number of benzene rings is 2.